The van der Waals surface area contributed by atoms with Gasteiger partial charge in [-0.15, -0.1) is 11.3 Å². The molecule has 0 aliphatic carbocycles. The maximum absolute atomic E-state index is 11.4. The van der Waals surface area contributed by atoms with Crippen LogP contribution in [0.1, 0.15) is 15.4 Å². The molecule has 78 valence electrons. The number of nitrogens with one attached hydrogen (secondary N) is 1. The molecule has 0 saturated carbocycles. The molecule has 0 aliphatic rings. The van der Waals surface area contributed by atoms with Crippen LogP contribution in [0.15, 0.2) is 35.8 Å². The molecule has 4 nitrogen and oxygen atoms in total. The SMILES string of the molecule is NNC(=O)c1cccn1Cc1cccs1. The first-order valence-corrected chi connectivity index (χ1v) is 5.37. The molecule has 0 aromatic carbocycles. The van der Waals surface area contributed by atoms with Gasteiger partial charge in [0.1, 0.15) is 5.69 Å². The predicted molar refractivity (Wildman–Crippen MR) is 59.5 cm³/mol. The third kappa shape index (κ3) is 2.08. The van der Waals surface area contributed by atoms with E-state index < -0.39 is 0 Å². The third-order valence-corrected chi connectivity index (χ3v) is 2.96. The van der Waals surface area contributed by atoms with Crippen LogP contribution in [0.5, 0.6) is 0 Å². The minimum absolute atomic E-state index is 0.267. The third-order valence-electron chi connectivity index (χ3n) is 2.10. The van der Waals surface area contributed by atoms with Crippen molar-refractivity contribution in [3.8, 4) is 0 Å². The first-order chi connectivity index (χ1) is 7.31. The van der Waals surface area contributed by atoms with Crippen LogP contribution >= 0.6 is 11.3 Å². The Morgan fingerprint density at radius 1 is 1.47 bits per heavy atom. The minimum Gasteiger partial charge on any atom is -0.338 e. The van der Waals surface area contributed by atoms with Crippen LogP contribution in [0.3, 0.4) is 0 Å². The fourth-order valence-electron chi connectivity index (χ4n) is 1.40. The van der Waals surface area contributed by atoms with Crippen LogP contribution in [0.2, 0.25) is 0 Å². The number of nitrogens with two attached hydrogens (primary N) is 1. The van der Waals surface area contributed by atoms with E-state index in [-0.39, 0.29) is 5.91 Å². The van der Waals surface area contributed by atoms with E-state index in [1.54, 1.807) is 17.4 Å². The Kier molecular flexibility index (Phi) is 2.84. The van der Waals surface area contributed by atoms with Gasteiger partial charge in [0.15, 0.2) is 0 Å². The van der Waals surface area contributed by atoms with Crippen molar-refractivity contribution in [1.29, 1.82) is 0 Å². The highest BCUT2D eigenvalue weighted by Crippen LogP contribution is 2.12. The van der Waals surface area contributed by atoms with Gasteiger partial charge in [-0.3, -0.25) is 10.2 Å². The summed E-state index contributed by atoms with van der Waals surface area (Å²) in [6.45, 7) is 0.702. The van der Waals surface area contributed by atoms with Crippen LogP contribution in [-0.4, -0.2) is 10.5 Å². The van der Waals surface area contributed by atoms with Crippen LogP contribution < -0.4 is 11.3 Å². The molecule has 5 heteroatoms. The van der Waals surface area contributed by atoms with Crippen molar-refractivity contribution in [2.45, 2.75) is 6.54 Å². The molecule has 0 aliphatic heterocycles. The monoisotopic (exact) mass is 221 g/mol. The maximum Gasteiger partial charge on any atom is 0.281 e. The number of aromatic nitrogens is 1. The quantitative estimate of drug-likeness (QED) is 0.465. The van der Waals surface area contributed by atoms with E-state index in [4.69, 9.17) is 5.84 Å². The minimum atomic E-state index is -0.267. The first kappa shape index (κ1) is 9.95. The number of amides is 1. The van der Waals surface area contributed by atoms with Gasteiger partial charge in [0.05, 0.1) is 6.54 Å². The van der Waals surface area contributed by atoms with Crippen molar-refractivity contribution in [3.63, 3.8) is 0 Å². The molecule has 2 rings (SSSR count). The van der Waals surface area contributed by atoms with Crippen LogP contribution in [0.4, 0.5) is 0 Å². The Balaban J connectivity index is 2.22. The number of nitrogens with zero attached hydrogens (tertiary/aromatic N) is 1. The van der Waals surface area contributed by atoms with E-state index in [1.165, 1.54) is 4.88 Å². The Morgan fingerprint density at radius 2 is 2.33 bits per heavy atom. The summed E-state index contributed by atoms with van der Waals surface area (Å²) >= 11 is 1.67. The van der Waals surface area contributed by atoms with Crippen LogP contribution in [0.25, 0.3) is 0 Å². The Hall–Kier alpha value is -1.59. The summed E-state index contributed by atoms with van der Waals surface area (Å²) in [5.41, 5.74) is 2.71. The standard InChI is InChI=1S/C10H11N3OS/c11-12-10(14)9-4-1-5-13(9)7-8-3-2-6-15-8/h1-6H,7,11H2,(H,12,14). The van der Waals surface area contributed by atoms with Gasteiger partial charge in [-0.05, 0) is 23.6 Å². The number of hydrogen-bond acceptors (Lipinski definition) is 3. The highest BCUT2D eigenvalue weighted by molar-refractivity contribution is 7.09. The molecule has 0 atom stereocenters. The number of hydrazine groups is 1. The van der Waals surface area contributed by atoms with Crippen molar-refractivity contribution >= 4 is 17.2 Å². The molecule has 0 radical (unpaired) electrons. The normalized spacial score (nSPS) is 10.2. The van der Waals surface area contributed by atoms with Crippen molar-refractivity contribution in [2.24, 2.45) is 5.84 Å². The number of thiophene rings is 1. The maximum atomic E-state index is 11.4. The van der Waals surface area contributed by atoms with E-state index in [9.17, 15) is 4.79 Å². The van der Waals surface area contributed by atoms with Gasteiger partial charge >= 0.3 is 0 Å². The van der Waals surface area contributed by atoms with Gasteiger partial charge in [0.25, 0.3) is 5.91 Å². The largest absolute Gasteiger partial charge is 0.338 e. The molecule has 0 unspecified atom stereocenters. The lowest BCUT2D eigenvalue weighted by Crippen LogP contribution is -2.31. The molecule has 15 heavy (non-hydrogen) atoms. The number of carbonyl (C=O) groups is 1. The summed E-state index contributed by atoms with van der Waals surface area (Å²) in [5, 5.41) is 2.02. The summed E-state index contributed by atoms with van der Waals surface area (Å²) in [6, 6.07) is 7.61. The molecule has 1 amide bonds. The topological polar surface area (TPSA) is 60.0 Å². The second kappa shape index (κ2) is 4.29. The summed E-state index contributed by atoms with van der Waals surface area (Å²) in [6.07, 6.45) is 1.87. The van der Waals surface area contributed by atoms with Gasteiger partial charge in [0.2, 0.25) is 0 Å². The molecule has 2 heterocycles. The smallest absolute Gasteiger partial charge is 0.281 e. The fourth-order valence-corrected chi connectivity index (χ4v) is 2.11. The number of rotatable bonds is 3. The van der Waals surface area contributed by atoms with E-state index >= 15 is 0 Å². The number of hydrogen-bond donors (Lipinski definition) is 2. The van der Waals surface area contributed by atoms with Crippen LogP contribution in [0, 0.1) is 0 Å². The summed E-state index contributed by atoms with van der Waals surface area (Å²) < 4.78 is 1.87. The van der Waals surface area contributed by atoms with Crippen molar-refractivity contribution < 1.29 is 4.79 Å². The molecule has 3 N–H and O–H groups in total. The van der Waals surface area contributed by atoms with E-state index in [0.29, 0.717) is 12.2 Å². The first-order valence-electron chi connectivity index (χ1n) is 4.49. The van der Waals surface area contributed by atoms with Crippen molar-refractivity contribution in [1.82, 2.24) is 9.99 Å². The van der Waals surface area contributed by atoms with Gasteiger partial charge in [-0.2, -0.15) is 0 Å². The van der Waals surface area contributed by atoms with E-state index in [1.807, 2.05) is 34.3 Å². The molecule has 0 spiro atoms. The van der Waals surface area contributed by atoms with Gasteiger partial charge in [-0.25, -0.2) is 5.84 Å². The van der Waals surface area contributed by atoms with E-state index in [2.05, 4.69) is 5.43 Å². The highest BCUT2D eigenvalue weighted by atomic mass is 32.1. The zero-order valence-corrected chi connectivity index (χ0v) is 8.83. The fraction of sp³-hybridized carbons (Fsp3) is 0.100. The molecule has 0 saturated heterocycles. The average molecular weight is 221 g/mol. The molecule has 0 fully saturated rings. The lowest BCUT2D eigenvalue weighted by molar-refractivity contribution is 0.0945. The number of nitrogen functional groups attached to an aromatic ring is 1. The average Bonchev–Trinajstić information content (AvgIpc) is 2.88. The summed E-state index contributed by atoms with van der Waals surface area (Å²) in [7, 11) is 0. The lowest BCUT2D eigenvalue weighted by Gasteiger charge is -2.06. The molecule has 2 aromatic heterocycles. The zero-order valence-electron chi connectivity index (χ0n) is 8.01. The van der Waals surface area contributed by atoms with Crippen molar-refractivity contribution in [3.05, 3.63) is 46.4 Å². The van der Waals surface area contributed by atoms with Gasteiger partial charge in [-0.1, -0.05) is 6.07 Å². The van der Waals surface area contributed by atoms with Crippen molar-refractivity contribution in [2.75, 3.05) is 0 Å². The van der Waals surface area contributed by atoms with Gasteiger partial charge < -0.3 is 4.57 Å². The second-order valence-electron chi connectivity index (χ2n) is 3.07. The summed E-state index contributed by atoms with van der Waals surface area (Å²) in [5.74, 6) is 4.83. The Bertz CT molecular complexity index is 447. The highest BCUT2D eigenvalue weighted by Gasteiger charge is 2.09. The lowest BCUT2D eigenvalue weighted by atomic mass is 10.4. The van der Waals surface area contributed by atoms with Gasteiger partial charge in [0, 0.05) is 11.1 Å². The molecule has 0 bridgehead atoms. The molecular weight excluding hydrogens is 210 g/mol. The van der Waals surface area contributed by atoms with E-state index in [0.717, 1.165) is 0 Å². The summed E-state index contributed by atoms with van der Waals surface area (Å²) in [4.78, 5) is 12.6. The molecule has 2 aromatic rings. The van der Waals surface area contributed by atoms with Crippen LogP contribution in [-0.2, 0) is 6.54 Å². The zero-order chi connectivity index (χ0) is 10.7. The predicted octanol–water partition coefficient (Wildman–Crippen LogP) is 1.20. The number of carbonyl (C=O) groups excluding carboxylic acids is 1. The second-order valence-corrected chi connectivity index (χ2v) is 4.11. The Labute approximate surface area is 91.3 Å². The Morgan fingerprint density at radius 3 is 3.00 bits per heavy atom. The molecular formula is C10H11N3OS.